The molecule has 3 aromatic rings. The van der Waals surface area contributed by atoms with E-state index in [0.29, 0.717) is 24.0 Å². The van der Waals surface area contributed by atoms with Gasteiger partial charge in [0.2, 0.25) is 0 Å². The summed E-state index contributed by atoms with van der Waals surface area (Å²) < 4.78 is 41.0. The van der Waals surface area contributed by atoms with Gasteiger partial charge in [-0.3, -0.25) is 10.1 Å². The Morgan fingerprint density at radius 2 is 1.86 bits per heavy atom. The molecule has 1 N–H and O–H groups in total. The van der Waals surface area contributed by atoms with Crippen LogP contribution in [0.25, 0.3) is 10.9 Å². The molecule has 0 atom stereocenters. The van der Waals surface area contributed by atoms with Crippen molar-refractivity contribution < 1.29 is 22.8 Å². The summed E-state index contributed by atoms with van der Waals surface area (Å²) in [5, 5.41) is 14.5. The number of aromatic nitrogens is 1. The smallest absolute Gasteiger partial charge is 0.406 e. The van der Waals surface area contributed by atoms with Crippen LogP contribution in [0.15, 0.2) is 48.5 Å². The van der Waals surface area contributed by atoms with E-state index in [9.17, 15) is 23.3 Å². The largest absolute Gasteiger partial charge is 0.573 e. The van der Waals surface area contributed by atoms with Gasteiger partial charge in [-0.05, 0) is 30.2 Å². The molecular formula is C18H13ClF3N3O3. The molecule has 0 saturated carbocycles. The van der Waals surface area contributed by atoms with Gasteiger partial charge in [0, 0.05) is 35.8 Å². The molecule has 2 aromatic carbocycles. The van der Waals surface area contributed by atoms with E-state index in [-0.39, 0.29) is 22.1 Å². The van der Waals surface area contributed by atoms with Gasteiger partial charge in [-0.25, -0.2) is 4.98 Å². The van der Waals surface area contributed by atoms with Gasteiger partial charge in [0.25, 0.3) is 5.69 Å². The minimum atomic E-state index is -4.79. The number of nitro benzene ring substituents is 1. The van der Waals surface area contributed by atoms with Crippen molar-refractivity contribution in [3.8, 4) is 5.75 Å². The molecule has 1 aromatic heterocycles. The molecule has 10 heteroatoms. The summed E-state index contributed by atoms with van der Waals surface area (Å²) in [5.74, 6) is -0.383. The second kappa shape index (κ2) is 7.89. The quantitative estimate of drug-likeness (QED) is 0.336. The topological polar surface area (TPSA) is 77.3 Å². The van der Waals surface area contributed by atoms with Crippen molar-refractivity contribution in [1.82, 2.24) is 4.98 Å². The zero-order valence-corrected chi connectivity index (χ0v) is 14.9. The van der Waals surface area contributed by atoms with E-state index < -0.39 is 11.3 Å². The van der Waals surface area contributed by atoms with Crippen LogP contribution in [0.3, 0.4) is 0 Å². The Labute approximate surface area is 162 Å². The highest BCUT2D eigenvalue weighted by molar-refractivity contribution is 6.30. The van der Waals surface area contributed by atoms with Crippen LogP contribution in [-0.2, 0) is 6.42 Å². The summed E-state index contributed by atoms with van der Waals surface area (Å²) >= 11 is 5.97. The molecule has 0 aliphatic rings. The fourth-order valence-corrected chi connectivity index (χ4v) is 2.85. The predicted molar refractivity (Wildman–Crippen MR) is 98.7 cm³/mol. The zero-order valence-electron chi connectivity index (χ0n) is 14.2. The number of hydrogen-bond donors (Lipinski definition) is 1. The Morgan fingerprint density at radius 3 is 2.50 bits per heavy atom. The molecule has 6 nitrogen and oxygen atoms in total. The lowest BCUT2D eigenvalue weighted by Gasteiger charge is -2.12. The SMILES string of the molecule is O=[N+]([O-])c1ccc(CCNc2cc(Cl)nc3cc(OC(F)(F)F)ccc23)cc1. The highest BCUT2D eigenvalue weighted by Gasteiger charge is 2.31. The molecule has 146 valence electrons. The number of rotatable bonds is 6. The van der Waals surface area contributed by atoms with Gasteiger partial charge in [0.15, 0.2) is 0 Å². The van der Waals surface area contributed by atoms with Gasteiger partial charge in [-0.2, -0.15) is 0 Å². The van der Waals surface area contributed by atoms with Crippen molar-refractivity contribution in [3.05, 3.63) is 69.4 Å². The van der Waals surface area contributed by atoms with Crippen LogP contribution in [0.2, 0.25) is 5.15 Å². The van der Waals surface area contributed by atoms with Crippen LogP contribution in [-0.4, -0.2) is 22.8 Å². The summed E-state index contributed by atoms with van der Waals surface area (Å²) in [6.45, 7) is 0.480. The van der Waals surface area contributed by atoms with E-state index in [2.05, 4.69) is 15.0 Å². The first-order valence-corrected chi connectivity index (χ1v) is 8.42. The van der Waals surface area contributed by atoms with Crippen LogP contribution >= 0.6 is 11.6 Å². The number of halogens is 4. The van der Waals surface area contributed by atoms with Crippen LogP contribution < -0.4 is 10.1 Å². The van der Waals surface area contributed by atoms with Crippen LogP contribution in [0.1, 0.15) is 5.56 Å². The van der Waals surface area contributed by atoms with Crippen molar-refractivity contribution in [2.24, 2.45) is 0 Å². The lowest BCUT2D eigenvalue weighted by atomic mass is 10.1. The van der Waals surface area contributed by atoms with Gasteiger partial charge in [0.05, 0.1) is 10.4 Å². The second-order valence-electron chi connectivity index (χ2n) is 5.82. The van der Waals surface area contributed by atoms with E-state index in [4.69, 9.17) is 11.6 Å². The minimum Gasteiger partial charge on any atom is -0.406 e. The molecule has 0 bridgehead atoms. The number of non-ortho nitro benzene ring substituents is 1. The molecule has 28 heavy (non-hydrogen) atoms. The number of fused-ring (bicyclic) bond motifs is 1. The number of nitrogens with zero attached hydrogens (tertiary/aromatic N) is 2. The number of anilines is 1. The molecule has 0 saturated heterocycles. The normalized spacial score (nSPS) is 11.4. The first-order valence-electron chi connectivity index (χ1n) is 8.04. The number of pyridine rings is 1. The van der Waals surface area contributed by atoms with E-state index >= 15 is 0 Å². The molecule has 0 fully saturated rings. The summed E-state index contributed by atoms with van der Waals surface area (Å²) in [5.41, 5.74) is 1.77. The second-order valence-corrected chi connectivity index (χ2v) is 6.21. The predicted octanol–water partition coefficient (Wildman–Crippen LogP) is 5.35. The summed E-state index contributed by atoms with van der Waals surface area (Å²) in [7, 11) is 0. The molecule has 0 aliphatic carbocycles. The number of ether oxygens (including phenoxy) is 1. The third-order valence-corrected chi connectivity index (χ3v) is 4.05. The monoisotopic (exact) mass is 411 g/mol. The van der Waals surface area contributed by atoms with E-state index in [1.807, 2.05) is 0 Å². The van der Waals surface area contributed by atoms with Crippen LogP contribution in [0, 0.1) is 10.1 Å². The number of benzene rings is 2. The Kier molecular flexibility index (Phi) is 5.55. The van der Waals surface area contributed by atoms with Crippen molar-refractivity contribution in [2.75, 3.05) is 11.9 Å². The standard InChI is InChI=1S/C18H13ClF3N3O3/c19-17-10-15(23-8-7-11-1-3-12(4-2-11)25(26)27)14-6-5-13(9-16(14)24-17)28-18(20,21)22/h1-6,9-10H,7-8H2,(H,23,24). The van der Waals surface area contributed by atoms with Gasteiger partial charge in [-0.1, -0.05) is 23.7 Å². The maximum Gasteiger partial charge on any atom is 0.573 e. The molecule has 3 rings (SSSR count). The highest BCUT2D eigenvalue weighted by Crippen LogP contribution is 2.30. The maximum atomic E-state index is 12.4. The first-order chi connectivity index (χ1) is 13.2. The van der Waals surface area contributed by atoms with Gasteiger partial charge >= 0.3 is 6.36 Å². The summed E-state index contributed by atoms with van der Waals surface area (Å²) in [6, 6.07) is 11.6. The average molecular weight is 412 g/mol. The van der Waals surface area contributed by atoms with Crippen molar-refractivity contribution in [2.45, 2.75) is 12.8 Å². The lowest BCUT2D eigenvalue weighted by Crippen LogP contribution is -2.17. The highest BCUT2D eigenvalue weighted by atomic mass is 35.5. The lowest BCUT2D eigenvalue weighted by molar-refractivity contribution is -0.384. The number of hydrogen-bond acceptors (Lipinski definition) is 5. The summed E-state index contributed by atoms with van der Waals surface area (Å²) in [6.07, 6.45) is -4.22. The minimum absolute atomic E-state index is 0.0144. The Morgan fingerprint density at radius 1 is 1.14 bits per heavy atom. The van der Waals surface area contributed by atoms with Crippen LogP contribution in [0.4, 0.5) is 24.5 Å². The molecule has 0 unspecified atom stereocenters. The maximum absolute atomic E-state index is 12.4. The average Bonchev–Trinajstić information content (AvgIpc) is 2.60. The number of nitro groups is 1. The van der Waals surface area contributed by atoms with Crippen molar-refractivity contribution in [3.63, 3.8) is 0 Å². The Hall–Kier alpha value is -3.07. The Balaban J connectivity index is 1.74. The number of nitrogens with one attached hydrogen (secondary N) is 1. The zero-order chi connectivity index (χ0) is 20.3. The molecule has 1 heterocycles. The molecule has 0 aliphatic heterocycles. The fourth-order valence-electron chi connectivity index (χ4n) is 2.65. The Bertz CT molecular complexity index is 1010. The van der Waals surface area contributed by atoms with Crippen molar-refractivity contribution >= 4 is 33.9 Å². The molecular weight excluding hydrogens is 399 g/mol. The first kappa shape index (κ1) is 19.7. The van der Waals surface area contributed by atoms with E-state index in [1.165, 1.54) is 24.3 Å². The van der Waals surface area contributed by atoms with Gasteiger partial charge in [-0.15, -0.1) is 13.2 Å². The molecule has 0 amide bonds. The van der Waals surface area contributed by atoms with Gasteiger partial charge in [0.1, 0.15) is 10.9 Å². The van der Waals surface area contributed by atoms with Crippen molar-refractivity contribution in [1.29, 1.82) is 0 Å². The summed E-state index contributed by atoms with van der Waals surface area (Å²) in [4.78, 5) is 14.2. The van der Waals surface area contributed by atoms with E-state index in [0.717, 1.165) is 11.6 Å². The van der Waals surface area contributed by atoms with Gasteiger partial charge < -0.3 is 10.1 Å². The van der Waals surface area contributed by atoms with E-state index in [1.54, 1.807) is 18.2 Å². The third-order valence-electron chi connectivity index (χ3n) is 3.86. The molecule has 0 spiro atoms. The fraction of sp³-hybridized carbons (Fsp3) is 0.167. The number of alkyl halides is 3. The third kappa shape index (κ3) is 5.01. The molecule has 0 radical (unpaired) electrons. The van der Waals surface area contributed by atoms with Crippen LogP contribution in [0.5, 0.6) is 5.75 Å².